The lowest BCUT2D eigenvalue weighted by atomic mass is 10.4. The van der Waals surface area contributed by atoms with E-state index >= 15 is 0 Å². The average Bonchev–Trinajstić information content (AvgIpc) is 2.77. The molecule has 112 valence electrons. The van der Waals surface area contributed by atoms with Gasteiger partial charge in [0.25, 0.3) is 0 Å². The van der Waals surface area contributed by atoms with E-state index in [9.17, 15) is 17.4 Å². The van der Waals surface area contributed by atoms with Gasteiger partial charge in [0.1, 0.15) is 6.61 Å². The first kappa shape index (κ1) is 16.8. The van der Waals surface area contributed by atoms with Gasteiger partial charge in [0.2, 0.25) is 0 Å². The maximum atomic E-state index is 12.6. The van der Waals surface area contributed by atoms with Crippen LogP contribution in [0.3, 0.4) is 0 Å². The van der Waals surface area contributed by atoms with E-state index in [1.54, 1.807) is 13.8 Å². The molecule has 0 aliphatic carbocycles. The molecule has 0 aromatic carbocycles. The molecular weight excluding hydrogens is 313 g/mol. The number of nitrogens with zero attached hydrogens (tertiary/aromatic N) is 2. The molecule has 1 aromatic rings. The van der Waals surface area contributed by atoms with Crippen LogP contribution in [0.25, 0.3) is 0 Å². The van der Waals surface area contributed by atoms with E-state index in [1.807, 2.05) is 0 Å². The number of rotatable bonds is 7. The van der Waals surface area contributed by atoms with Crippen LogP contribution in [0.5, 0.6) is 0 Å². The second kappa shape index (κ2) is 8.15. The molecule has 20 heavy (non-hydrogen) atoms. The third-order valence-corrected chi connectivity index (χ3v) is 4.84. The van der Waals surface area contributed by atoms with Crippen LogP contribution >= 0.6 is 11.3 Å². The van der Waals surface area contributed by atoms with Crippen molar-refractivity contribution in [3.05, 3.63) is 22.5 Å². The summed E-state index contributed by atoms with van der Waals surface area (Å²) in [6.07, 6.45) is -1.50. The van der Waals surface area contributed by atoms with Gasteiger partial charge in [-0.15, -0.1) is 11.3 Å². The van der Waals surface area contributed by atoms with E-state index in [2.05, 4.69) is 10.1 Å². The lowest BCUT2D eigenvalue weighted by Gasteiger charge is -1.96. The van der Waals surface area contributed by atoms with Gasteiger partial charge in [-0.25, -0.2) is 9.37 Å². The van der Waals surface area contributed by atoms with Crippen LogP contribution in [-0.2, 0) is 15.6 Å². The highest BCUT2D eigenvalue weighted by molar-refractivity contribution is 7.87. The number of aryl methyl sites for hydroxylation is 1. The Hall–Kier alpha value is -1.22. The summed E-state index contributed by atoms with van der Waals surface area (Å²) in [6.45, 7) is 3.91. The molecular formula is C11H13F3N2O2S2. The number of allylic oxidation sites excluding steroid dienone is 1. The van der Waals surface area contributed by atoms with Crippen molar-refractivity contribution >= 4 is 28.4 Å². The van der Waals surface area contributed by atoms with Crippen LogP contribution in [0, 0.1) is 6.92 Å². The summed E-state index contributed by atoms with van der Waals surface area (Å²) in [5.41, 5.74) is 0.606. The average molecular weight is 326 g/mol. The van der Waals surface area contributed by atoms with Crippen molar-refractivity contribution in [1.82, 2.24) is 4.98 Å². The number of oxime groups is 1. The number of aromatic nitrogens is 1. The van der Waals surface area contributed by atoms with Crippen LogP contribution < -0.4 is 0 Å². The molecule has 0 aliphatic heterocycles. The van der Waals surface area contributed by atoms with Gasteiger partial charge in [0, 0.05) is 12.2 Å². The van der Waals surface area contributed by atoms with Gasteiger partial charge >= 0.3 is 6.08 Å². The predicted octanol–water partition coefficient (Wildman–Crippen LogP) is 3.40. The Kier molecular flexibility index (Phi) is 6.86. The van der Waals surface area contributed by atoms with Crippen LogP contribution in [-0.4, -0.2) is 27.8 Å². The van der Waals surface area contributed by atoms with Crippen LogP contribution in [0.2, 0.25) is 0 Å². The molecule has 1 aromatic heterocycles. The Labute approximate surface area is 120 Å². The zero-order valence-electron chi connectivity index (χ0n) is 10.9. The molecule has 0 saturated heterocycles. The molecule has 0 radical (unpaired) electrons. The van der Waals surface area contributed by atoms with Gasteiger partial charge in [-0.2, -0.15) is 8.78 Å². The second-order valence-electron chi connectivity index (χ2n) is 3.55. The van der Waals surface area contributed by atoms with Gasteiger partial charge in [-0.05, 0) is 13.8 Å². The molecule has 0 amide bonds. The van der Waals surface area contributed by atoms with Gasteiger partial charge in [-0.1, -0.05) is 5.16 Å². The lowest BCUT2D eigenvalue weighted by Crippen LogP contribution is -1.98. The zero-order chi connectivity index (χ0) is 15.1. The molecule has 4 nitrogen and oxygen atoms in total. The molecule has 1 heterocycles. The SMILES string of the molecule is CCO/N=C/c1sc(S(=O)CCC(F)=C(F)F)nc1C. The number of hydrogen-bond acceptors (Lipinski definition) is 5. The molecule has 0 fully saturated rings. The van der Waals surface area contributed by atoms with Crippen molar-refractivity contribution in [3.63, 3.8) is 0 Å². The van der Waals surface area contributed by atoms with E-state index in [-0.39, 0.29) is 10.1 Å². The van der Waals surface area contributed by atoms with Crippen molar-refractivity contribution < 1.29 is 22.2 Å². The Morgan fingerprint density at radius 3 is 2.80 bits per heavy atom. The lowest BCUT2D eigenvalue weighted by molar-refractivity contribution is 0.160. The summed E-state index contributed by atoms with van der Waals surface area (Å²) < 4.78 is 48.5. The van der Waals surface area contributed by atoms with Gasteiger partial charge in [0.15, 0.2) is 10.2 Å². The largest absolute Gasteiger partial charge is 0.396 e. The van der Waals surface area contributed by atoms with Crippen molar-refractivity contribution in [1.29, 1.82) is 0 Å². The maximum absolute atomic E-state index is 12.6. The van der Waals surface area contributed by atoms with Crippen LogP contribution in [0.1, 0.15) is 23.9 Å². The van der Waals surface area contributed by atoms with Gasteiger partial charge < -0.3 is 4.84 Å². The first-order valence-corrected chi connectivity index (χ1v) is 7.80. The summed E-state index contributed by atoms with van der Waals surface area (Å²) >= 11 is 1.11. The fourth-order valence-corrected chi connectivity index (χ4v) is 3.45. The Balaban J connectivity index is 2.70. The van der Waals surface area contributed by atoms with Crippen molar-refractivity contribution in [2.75, 3.05) is 12.4 Å². The summed E-state index contributed by atoms with van der Waals surface area (Å²) in [4.78, 5) is 9.52. The van der Waals surface area contributed by atoms with Crippen LogP contribution in [0.4, 0.5) is 13.2 Å². The number of hydrogen-bond donors (Lipinski definition) is 0. The summed E-state index contributed by atoms with van der Waals surface area (Å²) in [5, 5.41) is 3.67. The monoisotopic (exact) mass is 326 g/mol. The fraction of sp³-hybridized carbons (Fsp3) is 0.455. The minimum Gasteiger partial charge on any atom is -0.396 e. The highest BCUT2D eigenvalue weighted by Gasteiger charge is 2.14. The molecule has 0 aliphatic rings. The third kappa shape index (κ3) is 5.04. The molecule has 1 atom stereocenters. The zero-order valence-corrected chi connectivity index (χ0v) is 12.5. The Bertz CT molecular complexity index is 540. The van der Waals surface area contributed by atoms with E-state index in [1.165, 1.54) is 6.21 Å². The quantitative estimate of drug-likeness (QED) is 0.570. The molecule has 0 saturated carbocycles. The molecule has 0 bridgehead atoms. The van der Waals surface area contributed by atoms with Crippen molar-refractivity contribution in [2.24, 2.45) is 5.16 Å². The predicted molar refractivity (Wildman–Crippen MR) is 72.3 cm³/mol. The number of halogens is 3. The summed E-state index contributed by atoms with van der Waals surface area (Å²) in [7, 11) is -1.62. The third-order valence-electron chi connectivity index (χ3n) is 2.09. The Morgan fingerprint density at radius 2 is 2.20 bits per heavy atom. The van der Waals surface area contributed by atoms with E-state index in [4.69, 9.17) is 4.84 Å². The van der Waals surface area contributed by atoms with E-state index in [0.717, 1.165) is 11.3 Å². The fourth-order valence-electron chi connectivity index (χ4n) is 1.12. The summed E-state index contributed by atoms with van der Waals surface area (Å²) in [6, 6.07) is 0. The minimum absolute atomic E-state index is 0.238. The standard InChI is InChI=1S/C11H13F3N2O2S2/c1-3-18-15-6-9-7(2)16-11(19-9)20(17)5-4-8(12)10(13)14/h6H,3-5H2,1-2H3/b15-6+. The first-order chi connectivity index (χ1) is 9.45. The second-order valence-corrected chi connectivity index (χ2v) is 6.32. The van der Waals surface area contributed by atoms with Crippen molar-refractivity contribution in [2.45, 2.75) is 24.6 Å². The first-order valence-electron chi connectivity index (χ1n) is 5.66. The van der Waals surface area contributed by atoms with Crippen molar-refractivity contribution in [3.8, 4) is 0 Å². The van der Waals surface area contributed by atoms with Crippen LogP contribution in [0.15, 0.2) is 21.4 Å². The molecule has 0 spiro atoms. The van der Waals surface area contributed by atoms with Gasteiger partial charge in [0.05, 0.1) is 27.6 Å². The summed E-state index contributed by atoms with van der Waals surface area (Å²) in [5.74, 6) is -1.78. The molecule has 1 rings (SSSR count). The van der Waals surface area contributed by atoms with Gasteiger partial charge in [-0.3, -0.25) is 4.21 Å². The normalized spacial score (nSPS) is 12.7. The molecule has 9 heteroatoms. The minimum atomic E-state index is -2.37. The molecule has 0 N–H and O–H groups in total. The number of thiazole rings is 1. The highest BCUT2D eigenvalue weighted by Crippen LogP contribution is 2.21. The smallest absolute Gasteiger partial charge is 0.301 e. The Morgan fingerprint density at radius 1 is 1.50 bits per heavy atom. The topological polar surface area (TPSA) is 51.5 Å². The molecule has 1 unspecified atom stereocenters. The van der Waals surface area contributed by atoms with E-state index < -0.39 is 29.1 Å². The highest BCUT2D eigenvalue weighted by atomic mass is 32.2. The van der Waals surface area contributed by atoms with E-state index in [0.29, 0.717) is 17.2 Å². The maximum Gasteiger partial charge on any atom is 0.301 e.